The van der Waals surface area contributed by atoms with E-state index in [1.165, 1.54) is 26.0 Å². The van der Waals surface area contributed by atoms with Gasteiger partial charge in [-0.05, 0) is 63.1 Å². The van der Waals surface area contributed by atoms with Gasteiger partial charge in [0.1, 0.15) is 0 Å². The molecule has 2 rings (SSSR count). The van der Waals surface area contributed by atoms with Crippen LogP contribution in [0, 0.1) is 22.7 Å². The van der Waals surface area contributed by atoms with Crippen LogP contribution >= 0.6 is 27.5 Å². The van der Waals surface area contributed by atoms with Gasteiger partial charge >= 0.3 is 6.18 Å². The molecule has 2 aromatic rings. The minimum atomic E-state index is -4.51. The number of hydrogen-bond acceptors (Lipinski definition) is 2. The van der Waals surface area contributed by atoms with Crippen LogP contribution in [0.3, 0.4) is 0 Å². The molecule has 0 spiro atoms. The Bertz CT molecular complexity index is 905. The highest BCUT2D eigenvalue weighted by Gasteiger charge is 2.38. The van der Waals surface area contributed by atoms with Crippen molar-refractivity contribution in [2.75, 3.05) is 0 Å². The molecule has 0 aliphatic heterocycles. The van der Waals surface area contributed by atoms with Gasteiger partial charge in [0.2, 0.25) is 0 Å². The summed E-state index contributed by atoms with van der Waals surface area (Å²) in [5.74, 6) is 0. The van der Waals surface area contributed by atoms with Crippen LogP contribution in [0.2, 0.25) is 5.02 Å². The first-order valence-corrected chi connectivity index (χ1v) is 9.37. The first-order chi connectivity index (χ1) is 12.7. The fourth-order valence-corrected chi connectivity index (χ4v) is 2.72. The summed E-state index contributed by atoms with van der Waals surface area (Å²) >= 11 is 8.88. The van der Waals surface area contributed by atoms with E-state index in [9.17, 15) is 13.2 Å². The molecule has 2 nitrogen and oxygen atoms in total. The first-order valence-electron chi connectivity index (χ1n) is 8.20. The van der Waals surface area contributed by atoms with E-state index in [0.29, 0.717) is 0 Å². The van der Waals surface area contributed by atoms with Crippen LogP contribution in [0.4, 0.5) is 13.2 Å². The Hall–Kier alpha value is -2.02. The molecule has 148 valence electrons. The van der Waals surface area contributed by atoms with Crippen molar-refractivity contribution in [1.29, 1.82) is 10.5 Å². The van der Waals surface area contributed by atoms with Gasteiger partial charge in [0.15, 0.2) is 0 Å². The largest absolute Gasteiger partial charge is 0.416 e. The molecule has 0 saturated carbocycles. The van der Waals surface area contributed by atoms with Gasteiger partial charge in [0.05, 0.1) is 28.5 Å². The van der Waals surface area contributed by atoms with Crippen molar-refractivity contribution in [1.82, 2.24) is 0 Å². The first kappa shape index (κ1) is 24.0. The topological polar surface area (TPSA) is 47.6 Å². The SMILES string of the molecule is CC(C)(C#N)c1ccc(Br)cc1.CC(C)(C#N)c1ccc(Cl)cc1C(F)(F)F. The molecule has 0 aromatic heterocycles. The molecular weight excluding hydrogens is 453 g/mol. The summed E-state index contributed by atoms with van der Waals surface area (Å²) in [5.41, 5.74) is -1.46. The molecule has 0 radical (unpaired) electrons. The number of rotatable bonds is 2. The Labute approximate surface area is 176 Å². The van der Waals surface area contributed by atoms with Gasteiger partial charge < -0.3 is 0 Å². The highest BCUT2D eigenvalue weighted by molar-refractivity contribution is 9.10. The monoisotopic (exact) mass is 470 g/mol. The number of hydrogen-bond donors (Lipinski definition) is 0. The maximum Gasteiger partial charge on any atom is 0.416 e. The number of benzene rings is 2. The smallest absolute Gasteiger partial charge is 0.197 e. The van der Waals surface area contributed by atoms with Crippen molar-refractivity contribution in [3.63, 3.8) is 0 Å². The molecular formula is C21H19BrClF3N2. The molecule has 7 heteroatoms. The Balaban J connectivity index is 0.000000292. The normalized spacial score (nSPS) is 11.7. The van der Waals surface area contributed by atoms with Crippen molar-refractivity contribution >= 4 is 27.5 Å². The van der Waals surface area contributed by atoms with Gasteiger partial charge in [-0.15, -0.1) is 0 Å². The van der Waals surface area contributed by atoms with Gasteiger partial charge in [-0.1, -0.05) is 45.7 Å². The third-order valence-electron chi connectivity index (χ3n) is 4.09. The lowest BCUT2D eigenvalue weighted by atomic mass is 9.83. The molecule has 0 saturated heterocycles. The minimum Gasteiger partial charge on any atom is -0.197 e. The van der Waals surface area contributed by atoms with Crippen LogP contribution in [0.5, 0.6) is 0 Å². The van der Waals surface area contributed by atoms with Crippen LogP contribution in [0.1, 0.15) is 44.4 Å². The predicted molar refractivity (Wildman–Crippen MR) is 108 cm³/mol. The minimum absolute atomic E-state index is 0.00446. The van der Waals surface area contributed by atoms with Gasteiger partial charge in [-0.2, -0.15) is 23.7 Å². The van der Waals surface area contributed by atoms with E-state index in [4.69, 9.17) is 22.1 Å². The lowest BCUT2D eigenvalue weighted by molar-refractivity contribution is -0.138. The van der Waals surface area contributed by atoms with Crippen molar-refractivity contribution in [3.05, 3.63) is 68.7 Å². The summed E-state index contributed by atoms with van der Waals surface area (Å²) < 4.78 is 39.2. The molecule has 0 heterocycles. The van der Waals surface area contributed by atoms with Crippen molar-refractivity contribution in [2.24, 2.45) is 0 Å². The van der Waals surface area contributed by atoms with Crippen molar-refractivity contribution in [2.45, 2.75) is 44.7 Å². The molecule has 0 aliphatic carbocycles. The Kier molecular flexibility index (Phi) is 7.71. The van der Waals surface area contributed by atoms with Gasteiger partial charge in [0.25, 0.3) is 0 Å². The number of alkyl halides is 3. The van der Waals surface area contributed by atoms with Crippen LogP contribution in [0.25, 0.3) is 0 Å². The average Bonchev–Trinajstić information content (AvgIpc) is 2.61. The quantitative estimate of drug-likeness (QED) is 0.458. The van der Waals surface area contributed by atoms with E-state index in [2.05, 4.69) is 22.0 Å². The summed E-state index contributed by atoms with van der Waals surface area (Å²) in [6, 6.07) is 15.4. The Morgan fingerprint density at radius 3 is 1.75 bits per heavy atom. The molecule has 0 fully saturated rings. The molecule has 0 unspecified atom stereocenters. The van der Waals surface area contributed by atoms with Crippen LogP contribution < -0.4 is 0 Å². The highest BCUT2D eigenvalue weighted by atomic mass is 79.9. The van der Waals surface area contributed by atoms with E-state index in [0.717, 1.165) is 16.1 Å². The Morgan fingerprint density at radius 1 is 0.821 bits per heavy atom. The molecule has 0 amide bonds. The summed E-state index contributed by atoms with van der Waals surface area (Å²) in [7, 11) is 0. The van der Waals surface area contributed by atoms with Crippen LogP contribution in [0.15, 0.2) is 46.9 Å². The lowest BCUT2D eigenvalue weighted by Gasteiger charge is -2.21. The van der Waals surface area contributed by atoms with Crippen molar-refractivity contribution < 1.29 is 13.2 Å². The second-order valence-corrected chi connectivity index (χ2v) is 8.52. The molecule has 2 aromatic carbocycles. The molecule has 0 aliphatic rings. The maximum absolute atomic E-state index is 12.7. The van der Waals surface area contributed by atoms with Gasteiger partial charge in [-0.3, -0.25) is 0 Å². The summed E-state index contributed by atoms with van der Waals surface area (Å²) in [6.45, 7) is 6.70. The molecule has 28 heavy (non-hydrogen) atoms. The fraction of sp³-hybridized carbons (Fsp3) is 0.333. The van der Waals surface area contributed by atoms with Crippen LogP contribution in [-0.4, -0.2) is 0 Å². The van der Waals surface area contributed by atoms with Crippen LogP contribution in [-0.2, 0) is 17.0 Å². The number of nitrogens with zero attached hydrogens (tertiary/aromatic N) is 2. The summed E-state index contributed by atoms with van der Waals surface area (Å²) in [4.78, 5) is 0. The van der Waals surface area contributed by atoms with Crippen molar-refractivity contribution in [3.8, 4) is 12.1 Å². The van der Waals surface area contributed by atoms with E-state index >= 15 is 0 Å². The zero-order chi connectivity index (χ0) is 21.8. The predicted octanol–water partition coefficient (Wildman–Crippen LogP) is 7.41. The molecule has 0 atom stereocenters. The lowest BCUT2D eigenvalue weighted by Crippen LogP contribution is -2.20. The average molecular weight is 472 g/mol. The third kappa shape index (κ3) is 6.26. The molecule has 0 N–H and O–H groups in total. The summed E-state index contributed by atoms with van der Waals surface area (Å²) in [5, 5.41) is 17.7. The highest BCUT2D eigenvalue weighted by Crippen LogP contribution is 2.38. The Morgan fingerprint density at radius 2 is 1.32 bits per heavy atom. The van der Waals surface area contributed by atoms with E-state index in [-0.39, 0.29) is 16.0 Å². The zero-order valence-corrected chi connectivity index (χ0v) is 18.2. The van der Waals surface area contributed by atoms with E-state index in [1.807, 2.05) is 44.2 Å². The van der Waals surface area contributed by atoms with Gasteiger partial charge in [0, 0.05) is 9.50 Å². The standard InChI is InChI=1S/C11H9ClF3N.C10H10BrN/c1-10(2,6-16)8-4-3-7(12)5-9(8)11(13,14)15;1-10(2,7-12)8-3-5-9(11)6-4-8/h3-5H,1-2H3;3-6H,1-2H3. The molecule has 0 bridgehead atoms. The van der Waals surface area contributed by atoms with E-state index in [1.54, 1.807) is 0 Å². The third-order valence-corrected chi connectivity index (χ3v) is 4.85. The number of halogens is 5. The second-order valence-electron chi connectivity index (χ2n) is 7.17. The van der Waals surface area contributed by atoms with E-state index < -0.39 is 17.2 Å². The number of nitriles is 2. The zero-order valence-electron chi connectivity index (χ0n) is 15.8. The van der Waals surface area contributed by atoms with Gasteiger partial charge in [-0.25, -0.2) is 0 Å². The summed E-state index contributed by atoms with van der Waals surface area (Å²) in [6.07, 6.45) is -4.51. The fourth-order valence-electron chi connectivity index (χ4n) is 2.29. The second kappa shape index (κ2) is 8.99. The maximum atomic E-state index is 12.7.